The summed E-state index contributed by atoms with van der Waals surface area (Å²) >= 11 is 6.43. The van der Waals surface area contributed by atoms with Gasteiger partial charge in [0, 0.05) is 28.9 Å². The lowest BCUT2D eigenvalue weighted by Gasteiger charge is -2.46. The molecule has 5 rings (SSSR count). The summed E-state index contributed by atoms with van der Waals surface area (Å²) < 4.78 is 7.47. The number of aromatic nitrogens is 1. The van der Waals surface area contributed by atoms with Crippen molar-refractivity contribution in [3.8, 4) is 0 Å². The van der Waals surface area contributed by atoms with E-state index < -0.39 is 5.54 Å². The van der Waals surface area contributed by atoms with Gasteiger partial charge in [-0.1, -0.05) is 44.4 Å². The highest BCUT2D eigenvalue weighted by Gasteiger charge is 2.50. The zero-order valence-electron chi connectivity index (χ0n) is 19.5. The van der Waals surface area contributed by atoms with Crippen molar-refractivity contribution < 1.29 is 14.0 Å². The van der Waals surface area contributed by atoms with Crippen LogP contribution in [0.5, 0.6) is 0 Å². The average Bonchev–Trinajstić information content (AvgIpc) is 3.37. The number of furan rings is 1. The number of carbonyl (C=O) groups excluding carboxylic acids is 2. The van der Waals surface area contributed by atoms with Crippen LogP contribution >= 0.6 is 11.6 Å². The zero-order valence-corrected chi connectivity index (χ0v) is 20.3. The van der Waals surface area contributed by atoms with E-state index in [-0.39, 0.29) is 17.9 Å². The number of amides is 2. The summed E-state index contributed by atoms with van der Waals surface area (Å²) in [6.07, 6.45) is 4.85. The van der Waals surface area contributed by atoms with Crippen molar-refractivity contribution in [3.05, 3.63) is 52.9 Å². The van der Waals surface area contributed by atoms with Crippen LogP contribution < -0.4 is 10.2 Å². The number of benzene rings is 1. The first-order valence-corrected chi connectivity index (χ1v) is 12.1. The molecule has 7 heteroatoms. The van der Waals surface area contributed by atoms with Gasteiger partial charge >= 0.3 is 0 Å². The number of hydrogen-bond acceptors (Lipinski definition) is 3. The molecule has 174 valence electrons. The molecule has 2 aromatic heterocycles. The summed E-state index contributed by atoms with van der Waals surface area (Å²) in [7, 11) is 0. The molecule has 33 heavy (non-hydrogen) atoms. The van der Waals surface area contributed by atoms with E-state index in [9.17, 15) is 9.59 Å². The Bertz CT molecular complexity index is 1240. The van der Waals surface area contributed by atoms with Crippen LogP contribution in [0.4, 0.5) is 5.69 Å². The number of nitrogens with one attached hydrogen (secondary N) is 1. The molecule has 1 N–H and O–H groups in total. The van der Waals surface area contributed by atoms with Crippen molar-refractivity contribution >= 4 is 40.2 Å². The minimum atomic E-state index is -1.14. The molecule has 1 fully saturated rings. The second-order valence-corrected chi connectivity index (χ2v) is 10.3. The molecular formula is C26H30ClN3O3. The van der Waals surface area contributed by atoms with Gasteiger partial charge in [0.15, 0.2) is 5.58 Å². The topological polar surface area (TPSA) is 67.5 Å². The number of hydrogen-bond donors (Lipinski definition) is 1. The predicted molar refractivity (Wildman–Crippen MR) is 130 cm³/mol. The molecular weight excluding hydrogens is 438 g/mol. The molecule has 2 amide bonds. The monoisotopic (exact) mass is 467 g/mol. The zero-order chi connectivity index (χ0) is 23.5. The maximum Gasteiger partial charge on any atom is 0.276 e. The van der Waals surface area contributed by atoms with Crippen molar-refractivity contribution in [2.24, 2.45) is 11.8 Å². The summed E-state index contributed by atoms with van der Waals surface area (Å²) in [6.45, 7) is 8.52. The molecule has 4 atom stereocenters. The molecule has 2 aliphatic rings. The van der Waals surface area contributed by atoms with Crippen molar-refractivity contribution in [2.45, 2.75) is 65.1 Å². The Morgan fingerprint density at radius 1 is 1.24 bits per heavy atom. The van der Waals surface area contributed by atoms with Crippen molar-refractivity contribution in [1.29, 1.82) is 0 Å². The fraction of sp³-hybridized carbons (Fsp3) is 0.462. The van der Waals surface area contributed by atoms with Gasteiger partial charge in [-0.2, -0.15) is 0 Å². The number of nitrogens with zero attached hydrogens (tertiary/aromatic N) is 2. The van der Waals surface area contributed by atoms with Gasteiger partial charge in [0.25, 0.3) is 5.91 Å². The van der Waals surface area contributed by atoms with Gasteiger partial charge in [0.05, 0.1) is 18.3 Å². The molecule has 0 saturated heterocycles. The van der Waals surface area contributed by atoms with Gasteiger partial charge in [-0.05, 0) is 49.8 Å². The second-order valence-electron chi connectivity index (χ2n) is 9.93. The molecule has 1 aliphatic carbocycles. The van der Waals surface area contributed by atoms with Crippen LogP contribution in [0.25, 0.3) is 11.1 Å². The maximum atomic E-state index is 14.0. The Labute approximate surface area is 198 Å². The quantitative estimate of drug-likeness (QED) is 0.548. The Hall–Kier alpha value is -2.73. The van der Waals surface area contributed by atoms with E-state index >= 15 is 0 Å². The van der Waals surface area contributed by atoms with Crippen LogP contribution in [0.3, 0.4) is 0 Å². The normalized spacial score (nSPS) is 27.6. The van der Waals surface area contributed by atoms with E-state index in [1.54, 1.807) is 23.3 Å². The molecule has 0 unspecified atom stereocenters. The lowest BCUT2D eigenvalue weighted by molar-refractivity contribution is -0.128. The molecule has 1 aliphatic heterocycles. The third-order valence-corrected chi connectivity index (χ3v) is 8.31. The summed E-state index contributed by atoms with van der Waals surface area (Å²) in [5.74, 6) is 0.560. The third kappa shape index (κ3) is 3.38. The highest BCUT2D eigenvalue weighted by atomic mass is 35.5. The molecule has 6 nitrogen and oxygen atoms in total. The molecule has 1 aromatic carbocycles. The molecule has 0 radical (unpaired) electrons. The SMILES string of the molecule is Cc1c(Cl)cccc1N1C(=O)c2cc3occc3n2C[C@]1(C)C(=O)N[C@@H]1CCC[C@@H](C)[C@@H]1C. The smallest absolute Gasteiger partial charge is 0.276 e. The van der Waals surface area contributed by atoms with Crippen LogP contribution in [0.1, 0.15) is 56.1 Å². The van der Waals surface area contributed by atoms with Gasteiger partial charge in [-0.3, -0.25) is 14.5 Å². The van der Waals surface area contributed by atoms with E-state index in [1.165, 1.54) is 6.42 Å². The number of halogens is 1. The van der Waals surface area contributed by atoms with E-state index in [0.717, 1.165) is 23.9 Å². The van der Waals surface area contributed by atoms with Gasteiger partial charge in [0.1, 0.15) is 11.2 Å². The average molecular weight is 468 g/mol. The molecule has 0 bridgehead atoms. The number of rotatable bonds is 3. The van der Waals surface area contributed by atoms with Crippen molar-refractivity contribution in [1.82, 2.24) is 9.88 Å². The standard InChI is InChI=1S/C26H30ClN3O3/c1-15-7-5-9-19(16(15)2)28-25(32)26(4)14-29-21-11-12-33-23(21)13-22(29)24(31)30(26)20-10-6-8-18(27)17(20)3/h6,8,10-13,15-16,19H,5,7,9,14H2,1-4H3,(H,28,32)/t15-,16+,19-,26-/m1/s1. The molecule has 0 spiro atoms. The van der Waals surface area contributed by atoms with E-state index in [4.69, 9.17) is 16.0 Å². The minimum absolute atomic E-state index is 0.0930. The highest BCUT2D eigenvalue weighted by molar-refractivity contribution is 6.32. The van der Waals surface area contributed by atoms with Crippen LogP contribution in [-0.2, 0) is 11.3 Å². The van der Waals surface area contributed by atoms with Crippen molar-refractivity contribution in [2.75, 3.05) is 4.90 Å². The van der Waals surface area contributed by atoms with Crippen LogP contribution in [-0.4, -0.2) is 28.0 Å². The van der Waals surface area contributed by atoms with Gasteiger partial charge in [-0.25, -0.2) is 0 Å². The maximum absolute atomic E-state index is 14.0. The van der Waals surface area contributed by atoms with E-state index in [2.05, 4.69) is 19.2 Å². The largest absolute Gasteiger partial charge is 0.463 e. The molecule has 3 heterocycles. The van der Waals surface area contributed by atoms with E-state index in [1.807, 2.05) is 36.6 Å². The lowest BCUT2D eigenvalue weighted by atomic mass is 9.77. The lowest BCUT2D eigenvalue weighted by Crippen LogP contribution is -2.66. The predicted octanol–water partition coefficient (Wildman–Crippen LogP) is 5.56. The Morgan fingerprint density at radius 3 is 2.82 bits per heavy atom. The molecule has 1 saturated carbocycles. The minimum Gasteiger partial charge on any atom is -0.463 e. The van der Waals surface area contributed by atoms with Gasteiger partial charge in [0.2, 0.25) is 5.91 Å². The summed E-state index contributed by atoms with van der Waals surface area (Å²) in [4.78, 5) is 29.5. The van der Waals surface area contributed by atoms with Crippen LogP contribution in [0.15, 0.2) is 41.0 Å². The highest BCUT2D eigenvalue weighted by Crippen LogP contribution is 2.39. The first kappa shape index (κ1) is 22.1. The Morgan fingerprint density at radius 2 is 2.03 bits per heavy atom. The first-order chi connectivity index (χ1) is 15.7. The fourth-order valence-electron chi connectivity index (χ4n) is 5.54. The summed E-state index contributed by atoms with van der Waals surface area (Å²) in [5, 5.41) is 3.89. The van der Waals surface area contributed by atoms with Crippen LogP contribution in [0.2, 0.25) is 5.02 Å². The van der Waals surface area contributed by atoms with Gasteiger partial charge < -0.3 is 14.3 Å². The molecule has 3 aromatic rings. The Balaban J connectivity index is 1.61. The van der Waals surface area contributed by atoms with Gasteiger partial charge in [-0.15, -0.1) is 0 Å². The van der Waals surface area contributed by atoms with E-state index in [0.29, 0.717) is 40.4 Å². The summed E-state index contributed by atoms with van der Waals surface area (Å²) in [6, 6.07) is 9.17. The number of carbonyl (C=O) groups is 2. The van der Waals surface area contributed by atoms with Crippen molar-refractivity contribution in [3.63, 3.8) is 0 Å². The Kier molecular flexibility index (Phi) is 5.31. The number of anilines is 1. The third-order valence-electron chi connectivity index (χ3n) is 7.90. The second kappa shape index (κ2) is 7.94. The number of fused-ring (bicyclic) bond motifs is 3. The summed E-state index contributed by atoms with van der Waals surface area (Å²) in [5.41, 5.74) is 2.26. The first-order valence-electron chi connectivity index (χ1n) is 11.7. The fourth-order valence-corrected chi connectivity index (χ4v) is 5.71. The van der Waals surface area contributed by atoms with Crippen LogP contribution in [0, 0.1) is 18.8 Å².